The summed E-state index contributed by atoms with van der Waals surface area (Å²) in [7, 11) is 0. The van der Waals surface area contributed by atoms with Gasteiger partial charge >= 0.3 is 242 Å². The first kappa shape index (κ1) is 26.0. The van der Waals surface area contributed by atoms with Gasteiger partial charge in [0.05, 0.1) is 0 Å². The molecule has 0 bridgehead atoms. The van der Waals surface area contributed by atoms with Gasteiger partial charge in [0.2, 0.25) is 0 Å². The number of hydrogen-bond acceptors (Lipinski definition) is 0. The van der Waals surface area contributed by atoms with Crippen molar-refractivity contribution in [2.45, 2.75) is 17.8 Å². The average Bonchev–Trinajstić information content (AvgIpc) is 3.29. The van der Waals surface area contributed by atoms with Gasteiger partial charge in [-0.05, 0) is 0 Å². The van der Waals surface area contributed by atoms with Gasteiger partial charge in [0, 0.05) is 0 Å². The second kappa shape index (κ2) is 11.5. The van der Waals surface area contributed by atoms with E-state index in [0.29, 0.717) is 0 Å². The number of rotatable bonds is 7. The van der Waals surface area contributed by atoms with Crippen LogP contribution in [0.15, 0.2) is 148 Å². The molecular weight excluding hydrogens is 616 g/mol. The van der Waals surface area contributed by atoms with Gasteiger partial charge in [-0.3, -0.25) is 0 Å². The summed E-state index contributed by atoms with van der Waals surface area (Å²) in [6.45, 7) is 0. The molecule has 0 amide bonds. The Labute approximate surface area is 241 Å². The van der Waals surface area contributed by atoms with Gasteiger partial charge in [-0.15, -0.1) is 0 Å². The van der Waals surface area contributed by atoms with Crippen LogP contribution >= 0.6 is 0 Å². The Hall–Kier alpha value is -3.26. The van der Waals surface area contributed by atoms with Crippen LogP contribution in [0.1, 0.15) is 29.0 Å². The first-order valence-electron chi connectivity index (χ1n) is 12.9. The number of benzene rings is 5. The van der Waals surface area contributed by atoms with Crippen molar-refractivity contribution in [1.29, 1.82) is 0 Å². The van der Waals surface area contributed by atoms with E-state index in [1.165, 1.54) is 23.4 Å². The molecule has 0 saturated carbocycles. The molecule has 0 aliphatic heterocycles. The first-order chi connectivity index (χ1) is 19.1. The molecule has 0 N–H and O–H groups in total. The van der Waals surface area contributed by atoms with Crippen molar-refractivity contribution in [1.82, 2.24) is 0 Å². The summed E-state index contributed by atoms with van der Waals surface area (Å²) in [5, 5.41) is 0. The van der Waals surface area contributed by atoms with Crippen molar-refractivity contribution in [3.8, 4) is 0 Å². The summed E-state index contributed by atoms with van der Waals surface area (Å²) >= 11 is 0.112. The van der Waals surface area contributed by atoms with Crippen molar-refractivity contribution in [2.24, 2.45) is 0 Å². The second-order valence-corrected chi connectivity index (χ2v) is 14.3. The monoisotopic (exact) mass is 644 g/mol. The van der Waals surface area contributed by atoms with Gasteiger partial charge in [0.15, 0.2) is 0 Å². The number of halogens is 2. The third kappa shape index (κ3) is 5.19. The van der Waals surface area contributed by atoms with Gasteiger partial charge in [0.25, 0.3) is 0 Å². The van der Waals surface area contributed by atoms with Gasteiger partial charge in [-0.2, -0.15) is 0 Å². The third-order valence-electron chi connectivity index (χ3n) is 7.27. The van der Waals surface area contributed by atoms with E-state index in [0.717, 1.165) is 17.5 Å². The summed E-state index contributed by atoms with van der Waals surface area (Å²) in [5.41, 5.74) is 2.79. The minimum atomic E-state index is -0.551. The summed E-state index contributed by atoms with van der Waals surface area (Å²) < 4.78 is 34.2. The normalized spacial score (nSPS) is 16.4. The summed E-state index contributed by atoms with van der Waals surface area (Å²) in [6, 6.07) is 46.0. The Morgan fingerprint density at radius 2 is 0.949 bits per heavy atom. The van der Waals surface area contributed by atoms with Crippen molar-refractivity contribution < 1.29 is 8.78 Å². The van der Waals surface area contributed by atoms with Crippen LogP contribution in [0.3, 0.4) is 0 Å². The Morgan fingerprint density at radius 1 is 0.513 bits per heavy atom. The van der Waals surface area contributed by atoms with Gasteiger partial charge in [-0.1, -0.05) is 0 Å². The fourth-order valence-corrected chi connectivity index (χ4v) is 11.4. The maximum atomic E-state index is 14.3. The zero-order valence-corrected chi connectivity index (χ0v) is 24.6. The molecule has 0 nitrogen and oxygen atoms in total. The SMILES string of the molecule is Fc1ccc(C2(c3ccc(F)cc3)C([Se]c3ccccc3)=C([Se]c3ccccc3)CC2c2ccccc2)cc1. The topological polar surface area (TPSA) is 0 Å². The van der Waals surface area contributed by atoms with Crippen molar-refractivity contribution in [3.63, 3.8) is 0 Å². The molecular formula is C35H26F2Se2. The predicted octanol–water partition coefficient (Wildman–Crippen LogP) is 6.71. The van der Waals surface area contributed by atoms with Crippen LogP contribution in [0.25, 0.3) is 0 Å². The zero-order chi connectivity index (χ0) is 26.7. The van der Waals surface area contributed by atoms with Crippen molar-refractivity contribution in [3.05, 3.63) is 177 Å². The minimum absolute atomic E-state index is 0.000569. The molecule has 0 aromatic heterocycles. The Morgan fingerprint density at radius 3 is 1.44 bits per heavy atom. The number of hydrogen-bond donors (Lipinski definition) is 0. The van der Waals surface area contributed by atoms with E-state index in [1.54, 1.807) is 24.3 Å². The standard InChI is InChI=1S/C35H26F2Se2/c36-28-20-16-26(17-21-28)35(27-18-22-29(37)23-19-27)32(25-10-4-1-5-11-25)24-33(38-30-12-6-2-7-13-30)34(35)39-31-14-8-3-9-15-31/h1-23,32H,24H2. The molecule has 0 fully saturated rings. The predicted molar refractivity (Wildman–Crippen MR) is 158 cm³/mol. The molecule has 0 spiro atoms. The van der Waals surface area contributed by atoms with Gasteiger partial charge in [-0.25, -0.2) is 0 Å². The van der Waals surface area contributed by atoms with E-state index in [1.807, 2.05) is 30.3 Å². The zero-order valence-electron chi connectivity index (χ0n) is 21.1. The molecule has 1 aliphatic carbocycles. The van der Waals surface area contributed by atoms with Crippen molar-refractivity contribution >= 4 is 38.8 Å². The quantitative estimate of drug-likeness (QED) is 0.173. The van der Waals surface area contributed by atoms with E-state index >= 15 is 0 Å². The Bertz CT molecular complexity index is 1520. The van der Waals surface area contributed by atoms with Gasteiger partial charge in [0.1, 0.15) is 0 Å². The Balaban J connectivity index is 1.66. The van der Waals surface area contributed by atoms with Crippen LogP contribution in [-0.4, -0.2) is 29.9 Å². The summed E-state index contributed by atoms with van der Waals surface area (Å²) in [5.74, 6) is -0.416. The molecule has 5 aromatic rings. The maximum absolute atomic E-state index is 14.3. The fraction of sp³-hybridized carbons (Fsp3) is 0.0857. The fourth-order valence-electron chi connectivity index (χ4n) is 5.58. The second-order valence-electron chi connectivity index (χ2n) is 9.57. The van der Waals surface area contributed by atoms with E-state index in [-0.39, 0.29) is 47.5 Å². The van der Waals surface area contributed by atoms with Crippen LogP contribution in [0.2, 0.25) is 0 Å². The Kier molecular flexibility index (Phi) is 7.64. The number of allylic oxidation sites excluding steroid dienone is 2. The molecule has 0 radical (unpaired) electrons. The van der Waals surface area contributed by atoms with Crippen LogP contribution in [0, 0.1) is 11.6 Å². The van der Waals surface area contributed by atoms with E-state index in [9.17, 15) is 8.78 Å². The third-order valence-corrected chi connectivity index (χ3v) is 13.0. The van der Waals surface area contributed by atoms with E-state index in [2.05, 4.69) is 84.9 Å². The first-order valence-corrected chi connectivity index (χ1v) is 16.3. The molecule has 1 aliphatic rings. The molecule has 5 aromatic carbocycles. The summed E-state index contributed by atoms with van der Waals surface area (Å²) in [6.07, 6.45) is 0.900. The van der Waals surface area contributed by atoms with E-state index < -0.39 is 5.41 Å². The van der Waals surface area contributed by atoms with Gasteiger partial charge < -0.3 is 0 Å². The van der Waals surface area contributed by atoms with Crippen LogP contribution < -0.4 is 8.92 Å². The van der Waals surface area contributed by atoms with Crippen LogP contribution in [-0.2, 0) is 5.41 Å². The molecule has 1 unspecified atom stereocenters. The van der Waals surface area contributed by atoms with Crippen LogP contribution in [0.4, 0.5) is 8.78 Å². The van der Waals surface area contributed by atoms with Crippen molar-refractivity contribution in [2.75, 3.05) is 0 Å². The molecule has 39 heavy (non-hydrogen) atoms. The molecule has 1 atom stereocenters. The average molecular weight is 643 g/mol. The molecule has 0 saturated heterocycles. The molecule has 6 rings (SSSR count). The van der Waals surface area contributed by atoms with Crippen LogP contribution in [0.5, 0.6) is 0 Å². The summed E-state index contributed by atoms with van der Waals surface area (Å²) in [4.78, 5) is 0. The molecule has 192 valence electrons. The molecule has 0 heterocycles. The van der Waals surface area contributed by atoms with E-state index in [4.69, 9.17) is 0 Å². The molecule has 4 heteroatoms.